The van der Waals surface area contributed by atoms with Crippen molar-refractivity contribution in [3.8, 4) is 17.2 Å². The summed E-state index contributed by atoms with van der Waals surface area (Å²) in [5, 5.41) is 0. The Kier molecular flexibility index (Phi) is 6.51. The summed E-state index contributed by atoms with van der Waals surface area (Å²) in [5.74, 6) is 3.08. The highest BCUT2D eigenvalue weighted by Crippen LogP contribution is 2.49. The van der Waals surface area contributed by atoms with Crippen LogP contribution in [0.1, 0.15) is 48.3 Å². The summed E-state index contributed by atoms with van der Waals surface area (Å²) in [6.45, 7) is 6.56. The number of likely N-dealkylation sites (tertiary alicyclic amines) is 1. The average Bonchev–Trinajstić information content (AvgIpc) is 3.30. The monoisotopic (exact) mass is 458 g/mol. The van der Waals surface area contributed by atoms with Crippen LogP contribution in [0.3, 0.4) is 0 Å². The molecule has 178 valence electrons. The molecular formula is C30H36NO3+. The molecule has 4 heteroatoms. The van der Waals surface area contributed by atoms with Gasteiger partial charge in [-0.15, -0.1) is 0 Å². The Balaban J connectivity index is 1.42. The first kappa shape index (κ1) is 22.8. The molecule has 34 heavy (non-hydrogen) atoms. The number of rotatable bonds is 7. The van der Waals surface area contributed by atoms with Crippen LogP contribution in [0.15, 0.2) is 72.8 Å². The van der Waals surface area contributed by atoms with Crippen LogP contribution in [0.5, 0.6) is 17.2 Å². The number of likely N-dealkylation sites (N-methyl/N-ethyl adjacent to an activating group) is 1. The van der Waals surface area contributed by atoms with Gasteiger partial charge in [0.1, 0.15) is 36.5 Å². The minimum atomic E-state index is 0.0351. The number of hydrogen-bond donors (Lipinski definition) is 0. The third-order valence-electron chi connectivity index (χ3n) is 7.70. The fourth-order valence-corrected chi connectivity index (χ4v) is 5.74. The normalized spacial score (nSPS) is 23.1. The second kappa shape index (κ2) is 9.71. The van der Waals surface area contributed by atoms with Gasteiger partial charge in [0.05, 0.1) is 27.2 Å². The average molecular weight is 459 g/mol. The highest BCUT2D eigenvalue weighted by atomic mass is 16.5. The van der Waals surface area contributed by atoms with E-state index in [0.717, 1.165) is 34.9 Å². The number of benzene rings is 3. The second-order valence-corrected chi connectivity index (χ2v) is 10.1. The van der Waals surface area contributed by atoms with E-state index in [1.807, 2.05) is 12.1 Å². The Bertz CT molecular complexity index is 1090. The molecule has 0 bridgehead atoms. The molecule has 5 rings (SSSR count). The van der Waals surface area contributed by atoms with Crippen molar-refractivity contribution in [2.75, 3.05) is 40.4 Å². The maximum atomic E-state index is 6.42. The number of ether oxygens (including phenoxy) is 3. The predicted octanol–water partition coefficient (Wildman–Crippen LogP) is 6.01. The fraction of sp³-hybridized carbons (Fsp3) is 0.400. The van der Waals surface area contributed by atoms with E-state index in [9.17, 15) is 0 Å². The zero-order valence-corrected chi connectivity index (χ0v) is 20.6. The molecule has 1 saturated heterocycles. The summed E-state index contributed by atoms with van der Waals surface area (Å²) in [4.78, 5) is 0. The van der Waals surface area contributed by atoms with Crippen LogP contribution in [0.25, 0.3) is 0 Å². The lowest BCUT2D eigenvalue weighted by atomic mass is 9.73. The summed E-state index contributed by atoms with van der Waals surface area (Å²) >= 11 is 0. The van der Waals surface area contributed by atoms with Crippen molar-refractivity contribution in [2.24, 2.45) is 0 Å². The molecule has 0 amide bonds. The molecular weight excluding hydrogens is 422 g/mol. The molecule has 1 fully saturated rings. The molecule has 3 atom stereocenters. The summed E-state index contributed by atoms with van der Waals surface area (Å²) in [7, 11) is 4.05. The van der Waals surface area contributed by atoms with Crippen molar-refractivity contribution in [1.82, 2.24) is 0 Å². The van der Waals surface area contributed by atoms with E-state index in [4.69, 9.17) is 14.2 Å². The molecule has 0 unspecified atom stereocenters. The van der Waals surface area contributed by atoms with Gasteiger partial charge in [-0.1, -0.05) is 48.5 Å². The maximum absolute atomic E-state index is 6.42. The number of fused-ring (bicyclic) bond motifs is 1. The Morgan fingerprint density at radius 1 is 0.882 bits per heavy atom. The SMILES string of the molecule is COc1ccc2c(c1)O[C@H](C)[C@@H](c1ccccc1)[C@@H]2c1ccc(OCC[N+]2(C)CCCC2)cc1. The fourth-order valence-electron chi connectivity index (χ4n) is 5.74. The van der Waals surface area contributed by atoms with Crippen LogP contribution in [0.2, 0.25) is 0 Å². The largest absolute Gasteiger partial charge is 0.497 e. The number of nitrogens with zero attached hydrogens (tertiary/aromatic N) is 1. The molecule has 0 aliphatic carbocycles. The van der Waals surface area contributed by atoms with E-state index >= 15 is 0 Å². The number of hydrogen-bond acceptors (Lipinski definition) is 3. The molecule has 4 nitrogen and oxygen atoms in total. The van der Waals surface area contributed by atoms with Gasteiger partial charge in [0.25, 0.3) is 0 Å². The first-order valence-electron chi connectivity index (χ1n) is 12.5. The van der Waals surface area contributed by atoms with E-state index in [1.54, 1.807) is 7.11 Å². The van der Waals surface area contributed by atoms with Crippen molar-refractivity contribution < 1.29 is 18.7 Å². The Morgan fingerprint density at radius 2 is 1.59 bits per heavy atom. The zero-order chi connectivity index (χ0) is 23.5. The first-order valence-corrected chi connectivity index (χ1v) is 12.5. The lowest BCUT2D eigenvalue weighted by Crippen LogP contribution is -2.43. The van der Waals surface area contributed by atoms with E-state index in [1.165, 1.54) is 42.6 Å². The van der Waals surface area contributed by atoms with Gasteiger partial charge in [0.2, 0.25) is 0 Å². The highest BCUT2D eigenvalue weighted by molar-refractivity contribution is 5.51. The minimum Gasteiger partial charge on any atom is -0.497 e. The summed E-state index contributed by atoms with van der Waals surface area (Å²) in [6.07, 6.45) is 2.71. The Labute approximate surface area is 203 Å². The van der Waals surface area contributed by atoms with Gasteiger partial charge in [-0.25, -0.2) is 0 Å². The highest BCUT2D eigenvalue weighted by Gasteiger charge is 2.38. The van der Waals surface area contributed by atoms with Crippen molar-refractivity contribution >= 4 is 0 Å². The maximum Gasteiger partial charge on any atom is 0.137 e. The molecule has 2 aliphatic heterocycles. The Hall–Kier alpha value is -2.98. The van der Waals surface area contributed by atoms with E-state index in [0.29, 0.717) is 0 Å². The zero-order valence-electron chi connectivity index (χ0n) is 20.6. The van der Waals surface area contributed by atoms with Gasteiger partial charge in [-0.05, 0) is 36.2 Å². The first-order chi connectivity index (χ1) is 16.6. The van der Waals surface area contributed by atoms with Gasteiger partial charge < -0.3 is 18.7 Å². The lowest BCUT2D eigenvalue weighted by Gasteiger charge is -2.39. The molecule has 0 aromatic heterocycles. The lowest BCUT2D eigenvalue weighted by molar-refractivity contribution is -0.897. The smallest absolute Gasteiger partial charge is 0.137 e. The van der Waals surface area contributed by atoms with Gasteiger partial charge in [-0.2, -0.15) is 0 Å². The molecule has 2 heterocycles. The molecule has 0 N–H and O–H groups in total. The van der Waals surface area contributed by atoms with Crippen molar-refractivity contribution in [1.29, 1.82) is 0 Å². The molecule has 2 aliphatic rings. The quantitative estimate of drug-likeness (QED) is 0.406. The van der Waals surface area contributed by atoms with Gasteiger partial charge >= 0.3 is 0 Å². The van der Waals surface area contributed by atoms with Crippen molar-refractivity contribution in [2.45, 2.75) is 37.7 Å². The summed E-state index contributed by atoms with van der Waals surface area (Å²) < 4.78 is 19.2. The Morgan fingerprint density at radius 3 is 2.29 bits per heavy atom. The van der Waals surface area contributed by atoms with E-state index in [-0.39, 0.29) is 17.9 Å². The van der Waals surface area contributed by atoms with Gasteiger partial charge in [0, 0.05) is 36.3 Å². The molecule has 0 saturated carbocycles. The predicted molar refractivity (Wildman–Crippen MR) is 136 cm³/mol. The van der Waals surface area contributed by atoms with Crippen molar-refractivity contribution in [3.05, 3.63) is 89.5 Å². The summed E-state index contributed by atoms with van der Waals surface area (Å²) in [5.41, 5.74) is 3.78. The second-order valence-electron chi connectivity index (χ2n) is 10.1. The number of quaternary nitrogens is 1. The van der Waals surface area contributed by atoms with Crippen LogP contribution < -0.4 is 14.2 Å². The standard InChI is InChI=1S/C30H36NO3/c1-22-29(23-9-5-4-6-10-23)30(27-16-15-26(32-3)21-28(27)34-22)24-11-13-25(14-12-24)33-20-19-31(2)17-7-8-18-31/h4-6,9-16,21-22,29-30H,7-8,17-20H2,1-3H3/q+1/t22-,29+,30-/m1/s1. The van der Waals surface area contributed by atoms with Crippen LogP contribution in [-0.2, 0) is 0 Å². The van der Waals surface area contributed by atoms with Gasteiger partial charge in [-0.3, -0.25) is 0 Å². The number of methoxy groups -OCH3 is 1. The van der Waals surface area contributed by atoms with Gasteiger partial charge in [0.15, 0.2) is 0 Å². The molecule has 3 aromatic rings. The van der Waals surface area contributed by atoms with Crippen LogP contribution in [-0.4, -0.2) is 51.0 Å². The summed E-state index contributed by atoms with van der Waals surface area (Å²) in [6, 6.07) is 25.7. The topological polar surface area (TPSA) is 27.7 Å². The molecule has 0 spiro atoms. The van der Waals surface area contributed by atoms with Crippen LogP contribution in [0, 0.1) is 0 Å². The third kappa shape index (κ3) is 4.65. The van der Waals surface area contributed by atoms with E-state index < -0.39 is 0 Å². The van der Waals surface area contributed by atoms with Crippen LogP contribution >= 0.6 is 0 Å². The third-order valence-corrected chi connectivity index (χ3v) is 7.70. The molecule has 3 aromatic carbocycles. The van der Waals surface area contributed by atoms with Crippen LogP contribution in [0.4, 0.5) is 0 Å². The molecule has 0 radical (unpaired) electrons. The van der Waals surface area contributed by atoms with Crippen molar-refractivity contribution in [3.63, 3.8) is 0 Å². The minimum absolute atomic E-state index is 0.0351. The van der Waals surface area contributed by atoms with E-state index in [2.05, 4.69) is 74.6 Å².